The number of aliphatic hydroxyl groups excluding tert-OH is 1. The first-order valence-corrected chi connectivity index (χ1v) is 8.90. The zero-order valence-corrected chi connectivity index (χ0v) is 14.4. The van der Waals surface area contributed by atoms with Gasteiger partial charge in [0.2, 0.25) is 0 Å². The van der Waals surface area contributed by atoms with Crippen LogP contribution in [0.2, 0.25) is 0 Å². The molecule has 2 heteroatoms. The van der Waals surface area contributed by atoms with Crippen molar-refractivity contribution in [3.05, 3.63) is 35.9 Å². The molecule has 2 aliphatic heterocycles. The van der Waals surface area contributed by atoms with Gasteiger partial charge < -0.3 is 5.11 Å². The second kappa shape index (κ2) is 5.98. The maximum atomic E-state index is 9.70. The third-order valence-electron chi connectivity index (χ3n) is 6.20. The van der Waals surface area contributed by atoms with Crippen molar-refractivity contribution in [2.24, 2.45) is 5.92 Å². The van der Waals surface area contributed by atoms with E-state index in [1.807, 2.05) is 6.92 Å². The van der Waals surface area contributed by atoms with E-state index in [9.17, 15) is 5.11 Å². The predicted molar refractivity (Wildman–Crippen MR) is 92.0 cm³/mol. The Morgan fingerprint density at radius 3 is 2.64 bits per heavy atom. The van der Waals surface area contributed by atoms with Crippen LogP contribution in [0.1, 0.15) is 58.4 Å². The van der Waals surface area contributed by atoms with Gasteiger partial charge >= 0.3 is 0 Å². The van der Waals surface area contributed by atoms with Crippen molar-refractivity contribution < 1.29 is 5.11 Å². The summed E-state index contributed by atoms with van der Waals surface area (Å²) in [7, 11) is 0. The Morgan fingerprint density at radius 2 is 1.95 bits per heavy atom. The fourth-order valence-corrected chi connectivity index (χ4v) is 4.80. The van der Waals surface area contributed by atoms with Crippen molar-refractivity contribution in [3.8, 4) is 0 Å². The molecule has 0 spiro atoms. The van der Waals surface area contributed by atoms with Gasteiger partial charge in [-0.3, -0.25) is 4.90 Å². The lowest BCUT2D eigenvalue weighted by Crippen LogP contribution is -2.60. The molecular weight excluding hydrogens is 270 g/mol. The summed E-state index contributed by atoms with van der Waals surface area (Å²) in [6.45, 7) is 9.18. The molecule has 4 atom stereocenters. The van der Waals surface area contributed by atoms with E-state index in [1.165, 1.54) is 44.3 Å². The molecule has 1 aromatic carbocycles. The first-order chi connectivity index (χ1) is 10.4. The summed E-state index contributed by atoms with van der Waals surface area (Å²) in [5, 5.41) is 9.70. The molecule has 2 aliphatic rings. The molecule has 0 bridgehead atoms. The Labute approximate surface area is 135 Å². The Kier molecular flexibility index (Phi) is 4.35. The first-order valence-electron chi connectivity index (χ1n) is 8.90. The van der Waals surface area contributed by atoms with Crippen molar-refractivity contribution in [3.63, 3.8) is 0 Å². The highest BCUT2D eigenvalue weighted by molar-refractivity contribution is 5.26. The lowest BCUT2D eigenvalue weighted by molar-refractivity contribution is -0.0334. The average Bonchev–Trinajstić information content (AvgIpc) is 2.48. The molecule has 2 nitrogen and oxygen atoms in total. The van der Waals surface area contributed by atoms with E-state index in [-0.39, 0.29) is 11.5 Å². The number of hydrogen-bond acceptors (Lipinski definition) is 2. The molecule has 0 aliphatic carbocycles. The van der Waals surface area contributed by atoms with Crippen molar-refractivity contribution in [2.45, 2.75) is 69.9 Å². The second-order valence-corrected chi connectivity index (χ2v) is 8.29. The van der Waals surface area contributed by atoms with Crippen molar-refractivity contribution in [2.75, 3.05) is 13.1 Å². The highest BCUT2D eigenvalue weighted by atomic mass is 16.3. The molecule has 0 amide bonds. The lowest BCUT2D eigenvalue weighted by atomic mass is 9.66. The number of aliphatic hydroxyl groups is 1. The van der Waals surface area contributed by atoms with Crippen LogP contribution in [0.5, 0.6) is 0 Å². The lowest BCUT2D eigenvalue weighted by Gasteiger charge is -2.56. The molecule has 1 N–H and O–H groups in total. The summed E-state index contributed by atoms with van der Waals surface area (Å²) in [4.78, 5) is 2.74. The minimum Gasteiger partial charge on any atom is -0.393 e. The highest BCUT2D eigenvalue weighted by Gasteiger charge is 2.46. The Hall–Kier alpha value is -0.860. The van der Waals surface area contributed by atoms with Crippen LogP contribution in [0.4, 0.5) is 0 Å². The van der Waals surface area contributed by atoms with Crippen LogP contribution in [-0.2, 0) is 5.41 Å². The molecule has 2 fully saturated rings. The first kappa shape index (κ1) is 16.0. The van der Waals surface area contributed by atoms with E-state index < -0.39 is 0 Å². The molecular formula is C20H31NO. The van der Waals surface area contributed by atoms with Gasteiger partial charge in [0, 0.05) is 17.5 Å². The van der Waals surface area contributed by atoms with Gasteiger partial charge in [0.25, 0.3) is 0 Å². The summed E-state index contributed by atoms with van der Waals surface area (Å²) in [6, 6.07) is 11.0. The number of piperidine rings is 2. The quantitative estimate of drug-likeness (QED) is 0.913. The van der Waals surface area contributed by atoms with Crippen LogP contribution >= 0.6 is 0 Å². The van der Waals surface area contributed by atoms with E-state index in [2.05, 4.69) is 49.1 Å². The topological polar surface area (TPSA) is 23.5 Å². The standard InChI is InChI=1S/C20H31NO/c1-16(22)13-17-9-12-21-15-19(2,10-11-20(21,3)14-17)18-7-5-4-6-8-18/h4-8,16-17,22H,9-15H2,1-3H3. The average molecular weight is 301 g/mol. The van der Waals surface area contributed by atoms with Gasteiger partial charge in [-0.15, -0.1) is 0 Å². The van der Waals surface area contributed by atoms with Crippen LogP contribution in [0, 0.1) is 5.92 Å². The zero-order valence-electron chi connectivity index (χ0n) is 14.4. The number of rotatable bonds is 3. The molecule has 22 heavy (non-hydrogen) atoms. The number of nitrogens with zero attached hydrogens (tertiary/aromatic N) is 1. The maximum Gasteiger partial charge on any atom is 0.0514 e. The highest BCUT2D eigenvalue weighted by Crippen LogP contribution is 2.46. The largest absolute Gasteiger partial charge is 0.393 e. The van der Waals surface area contributed by atoms with Crippen LogP contribution in [-0.4, -0.2) is 34.7 Å². The van der Waals surface area contributed by atoms with Gasteiger partial charge in [0.1, 0.15) is 0 Å². The van der Waals surface area contributed by atoms with Gasteiger partial charge in [-0.25, -0.2) is 0 Å². The minimum atomic E-state index is -0.154. The number of benzene rings is 1. The number of hydrogen-bond donors (Lipinski definition) is 1. The third kappa shape index (κ3) is 3.09. The second-order valence-electron chi connectivity index (χ2n) is 8.29. The molecule has 0 aromatic heterocycles. The fourth-order valence-electron chi connectivity index (χ4n) is 4.80. The normalized spacial score (nSPS) is 37.5. The van der Waals surface area contributed by atoms with Gasteiger partial charge in [-0.05, 0) is 64.0 Å². The summed E-state index contributed by atoms with van der Waals surface area (Å²) in [5.41, 5.74) is 2.12. The Balaban J connectivity index is 1.73. The van der Waals surface area contributed by atoms with Gasteiger partial charge in [-0.1, -0.05) is 37.3 Å². The van der Waals surface area contributed by atoms with Crippen LogP contribution < -0.4 is 0 Å². The summed E-state index contributed by atoms with van der Waals surface area (Å²) >= 11 is 0. The van der Waals surface area contributed by atoms with E-state index in [4.69, 9.17) is 0 Å². The monoisotopic (exact) mass is 301 g/mol. The van der Waals surface area contributed by atoms with E-state index in [0.29, 0.717) is 11.5 Å². The van der Waals surface area contributed by atoms with Gasteiger partial charge in [0.05, 0.1) is 6.10 Å². The Bertz CT molecular complexity index is 500. The summed E-state index contributed by atoms with van der Waals surface area (Å²) < 4.78 is 0. The predicted octanol–water partition coefficient (Wildman–Crippen LogP) is 3.98. The van der Waals surface area contributed by atoms with E-state index in [0.717, 1.165) is 6.42 Å². The van der Waals surface area contributed by atoms with E-state index >= 15 is 0 Å². The molecule has 0 radical (unpaired) electrons. The fraction of sp³-hybridized carbons (Fsp3) is 0.700. The third-order valence-corrected chi connectivity index (χ3v) is 6.20. The molecule has 2 saturated heterocycles. The smallest absolute Gasteiger partial charge is 0.0514 e. The number of fused-ring (bicyclic) bond motifs is 1. The SMILES string of the molecule is CC(O)CC1CCN2CC(C)(c3ccccc3)CCC2(C)C1. The van der Waals surface area contributed by atoms with Crippen LogP contribution in [0.25, 0.3) is 0 Å². The molecule has 0 saturated carbocycles. The van der Waals surface area contributed by atoms with Gasteiger partial charge in [0.15, 0.2) is 0 Å². The van der Waals surface area contributed by atoms with Gasteiger partial charge in [-0.2, -0.15) is 0 Å². The molecule has 1 aromatic rings. The van der Waals surface area contributed by atoms with Crippen molar-refractivity contribution in [1.29, 1.82) is 0 Å². The van der Waals surface area contributed by atoms with E-state index in [1.54, 1.807) is 0 Å². The minimum absolute atomic E-state index is 0.154. The van der Waals surface area contributed by atoms with Crippen LogP contribution in [0.3, 0.4) is 0 Å². The molecule has 4 unspecified atom stereocenters. The van der Waals surface area contributed by atoms with Crippen LogP contribution in [0.15, 0.2) is 30.3 Å². The summed E-state index contributed by atoms with van der Waals surface area (Å²) in [6.07, 6.45) is 5.85. The molecule has 3 rings (SSSR count). The Morgan fingerprint density at radius 1 is 1.23 bits per heavy atom. The molecule has 122 valence electrons. The summed E-state index contributed by atoms with van der Waals surface area (Å²) in [5.74, 6) is 0.697. The maximum absolute atomic E-state index is 9.70. The molecule has 2 heterocycles. The van der Waals surface area contributed by atoms with Crippen molar-refractivity contribution >= 4 is 0 Å². The zero-order chi connectivity index (χ0) is 15.8. The van der Waals surface area contributed by atoms with Crippen molar-refractivity contribution in [1.82, 2.24) is 4.90 Å².